The molecule has 1 aliphatic rings. The lowest BCUT2D eigenvalue weighted by Gasteiger charge is -2.16. The van der Waals surface area contributed by atoms with Gasteiger partial charge in [-0.05, 0) is 54.5 Å². The second kappa shape index (κ2) is 8.88. The van der Waals surface area contributed by atoms with Crippen LogP contribution in [0.4, 0.5) is 5.13 Å². The van der Waals surface area contributed by atoms with Gasteiger partial charge in [0.1, 0.15) is 5.69 Å². The van der Waals surface area contributed by atoms with Gasteiger partial charge in [-0.25, -0.2) is 9.67 Å². The Labute approximate surface area is 189 Å². The number of carbonyl (C=O) groups excluding carboxylic acids is 1. The van der Waals surface area contributed by atoms with Crippen LogP contribution in [0.1, 0.15) is 40.0 Å². The number of aromatic nitrogens is 3. The Bertz CT molecular complexity index is 1330. The number of anilines is 1. The van der Waals surface area contributed by atoms with Gasteiger partial charge in [0, 0.05) is 17.0 Å². The maximum absolute atomic E-state index is 12.7. The van der Waals surface area contributed by atoms with Crippen LogP contribution >= 0.6 is 11.3 Å². The third-order valence-corrected chi connectivity index (χ3v) is 6.40. The molecule has 0 aliphatic heterocycles. The van der Waals surface area contributed by atoms with E-state index in [0.717, 1.165) is 29.7 Å². The summed E-state index contributed by atoms with van der Waals surface area (Å²) in [7, 11) is 0. The summed E-state index contributed by atoms with van der Waals surface area (Å²) in [4.78, 5) is 29.5. The Balaban J connectivity index is 1.32. The maximum atomic E-state index is 12.7. The number of rotatable bonds is 5. The van der Waals surface area contributed by atoms with Gasteiger partial charge in [-0.2, -0.15) is 5.10 Å². The molecule has 0 radical (unpaired) electrons. The van der Waals surface area contributed by atoms with Gasteiger partial charge in [0.25, 0.3) is 11.5 Å². The number of hydrogen-bond donors (Lipinski definition) is 1. The van der Waals surface area contributed by atoms with Gasteiger partial charge in [0.05, 0.1) is 12.2 Å². The molecule has 1 aliphatic carbocycles. The number of hydrogen-bond acceptors (Lipinski definition) is 5. The predicted molar refractivity (Wildman–Crippen MR) is 126 cm³/mol. The lowest BCUT2D eigenvalue weighted by molar-refractivity contribution is 0.102. The van der Waals surface area contributed by atoms with Crippen LogP contribution in [0.25, 0.3) is 11.3 Å². The molecule has 0 unspecified atom stereocenters. The Morgan fingerprint density at radius 2 is 1.81 bits per heavy atom. The summed E-state index contributed by atoms with van der Waals surface area (Å²) < 4.78 is 1.30. The number of thiazole rings is 1. The van der Waals surface area contributed by atoms with Crippen LogP contribution in [0.15, 0.2) is 70.8 Å². The van der Waals surface area contributed by atoms with Crippen LogP contribution in [0, 0.1) is 0 Å². The van der Waals surface area contributed by atoms with Crippen LogP contribution in [0.5, 0.6) is 0 Å². The number of carbonyl (C=O) groups is 1. The van der Waals surface area contributed by atoms with E-state index in [1.807, 2.05) is 35.7 Å². The highest BCUT2D eigenvalue weighted by molar-refractivity contribution is 7.14. The first kappa shape index (κ1) is 20.3. The summed E-state index contributed by atoms with van der Waals surface area (Å²) in [5, 5.41) is 9.51. The molecule has 2 aromatic heterocycles. The Kier molecular flexibility index (Phi) is 5.64. The van der Waals surface area contributed by atoms with Crippen LogP contribution in [-0.4, -0.2) is 20.7 Å². The molecule has 4 aromatic rings. The fraction of sp³-hybridized carbons (Fsp3) is 0.200. The van der Waals surface area contributed by atoms with E-state index in [1.165, 1.54) is 52.1 Å². The van der Waals surface area contributed by atoms with Crippen molar-refractivity contribution in [3.8, 4) is 11.3 Å². The zero-order valence-electron chi connectivity index (χ0n) is 17.5. The van der Waals surface area contributed by atoms with Crippen molar-refractivity contribution < 1.29 is 4.79 Å². The first-order chi connectivity index (χ1) is 15.7. The summed E-state index contributed by atoms with van der Waals surface area (Å²) in [6.45, 7) is 0.306. The number of benzene rings is 2. The Morgan fingerprint density at radius 1 is 1.00 bits per heavy atom. The Hall–Kier alpha value is -3.58. The van der Waals surface area contributed by atoms with Crippen molar-refractivity contribution in [3.05, 3.63) is 98.8 Å². The monoisotopic (exact) mass is 442 g/mol. The predicted octanol–water partition coefficient (Wildman–Crippen LogP) is 4.55. The summed E-state index contributed by atoms with van der Waals surface area (Å²) in [6.07, 6.45) is 4.74. The van der Waals surface area contributed by atoms with Gasteiger partial charge in [-0.15, -0.1) is 11.3 Å². The van der Waals surface area contributed by atoms with E-state index in [2.05, 4.69) is 33.6 Å². The third-order valence-electron chi connectivity index (χ3n) is 5.64. The molecule has 7 heteroatoms. The average molecular weight is 443 g/mol. The van der Waals surface area contributed by atoms with Gasteiger partial charge in [0.15, 0.2) is 5.13 Å². The minimum Gasteiger partial charge on any atom is -0.296 e. The highest BCUT2D eigenvalue weighted by Crippen LogP contribution is 2.29. The topological polar surface area (TPSA) is 76.9 Å². The van der Waals surface area contributed by atoms with E-state index < -0.39 is 5.91 Å². The van der Waals surface area contributed by atoms with Crippen molar-refractivity contribution in [2.75, 3.05) is 5.32 Å². The zero-order chi connectivity index (χ0) is 21.9. The van der Waals surface area contributed by atoms with E-state index in [9.17, 15) is 9.59 Å². The van der Waals surface area contributed by atoms with Crippen LogP contribution in [0.2, 0.25) is 0 Å². The molecular weight excluding hydrogens is 420 g/mol. The molecule has 2 aromatic carbocycles. The molecule has 32 heavy (non-hydrogen) atoms. The van der Waals surface area contributed by atoms with E-state index in [-0.39, 0.29) is 11.3 Å². The van der Waals surface area contributed by atoms with E-state index in [4.69, 9.17) is 0 Å². The molecule has 0 atom stereocenters. The van der Waals surface area contributed by atoms with Crippen molar-refractivity contribution in [3.63, 3.8) is 0 Å². The minimum absolute atomic E-state index is 0.172. The third kappa shape index (κ3) is 4.38. The van der Waals surface area contributed by atoms with E-state index >= 15 is 0 Å². The van der Waals surface area contributed by atoms with Crippen LogP contribution in [-0.2, 0) is 19.4 Å². The zero-order valence-corrected chi connectivity index (χ0v) is 18.3. The number of amides is 1. The highest BCUT2D eigenvalue weighted by Gasteiger charge is 2.15. The first-order valence-electron chi connectivity index (χ1n) is 10.7. The van der Waals surface area contributed by atoms with Gasteiger partial charge in [0.2, 0.25) is 0 Å². The lowest BCUT2D eigenvalue weighted by atomic mass is 9.90. The SMILES string of the molecule is O=C(Nc1nc(-c2ccc3c(c2)CCCC3)cs1)c1ccc(=O)n(Cc2ccccc2)n1. The molecule has 0 fully saturated rings. The largest absolute Gasteiger partial charge is 0.296 e. The molecule has 2 heterocycles. The van der Waals surface area contributed by atoms with Gasteiger partial charge >= 0.3 is 0 Å². The molecule has 0 bridgehead atoms. The summed E-state index contributed by atoms with van der Waals surface area (Å²) in [6, 6.07) is 18.9. The van der Waals surface area contributed by atoms with Crippen molar-refractivity contribution in [2.45, 2.75) is 32.2 Å². The molecule has 0 saturated carbocycles. The minimum atomic E-state index is -0.391. The second-order valence-electron chi connectivity index (χ2n) is 7.88. The first-order valence-corrected chi connectivity index (χ1v) is 11.5. The molecule has 160 valence electrons. The quantitative estimate of drug-likeness (QED) is 0.492. The smallest absolute Gasteiger partial charge is 0.277 e. The summed E-state index contributed by atoms with van der Waals surface area (Å²) in [5.74, 6) is -0.391. The number of nitrogens with one attached hydrogen (secondary N) is 1. The lowest BCUT2D eigenvalue weighted by Crippen LogP contribution is -2.26. The second-order valence-corrected chi connectivity index (χ2v) is 8.74. The molecule has 1 amide bonds. The van der Waals surface area contributed by atoms with Crippen molar-refractivity contribution in [2.24, 2.45) is 0 Å². The van der Waals surface area contributed by atoms with Crippen molar-refractivity contribution >= 4 is 22.4 Å². The molecule has 0 spiro atoms. The van der Waals surface area contributed by atoms with Gasteiger partial charge < -0.3 is 0 Å². The summed E-state index contributed by atoms with van der Waals surface area (Å²) >= 11 is 1.38. The van der Waals surface area contributed by atoms with Crippen molar-refractivity contribution in [1.82, 2.24) is 14.8 Å². The maximum Gasteiger partial charge on any atom is 0.277 e. The standard InChI is InChI=1S/C25H22N4O2S/c30-23-13-12-21(28-29(23)15-17-6-2-1-3-7-17)24(31)27-25-26-22(16-32-25)20-11-10-18-8-4-5-9-19(18)14-20/h1-3,6-7,10-14,16H,4-5,8-9,15H2,(H,26,27,31). The van der Waals surface area contributed by atoms with Crippen LogP contribution < -0.4 is 10.9 Å². The molecule has 5 rings (SSSR count). The van der Waals surface area contributed by atoms with E-state index in [0.29, 0.717) is 11.7 Å². The molecule has 1 N–H and O–H groups in total. The van der Waals surface area contributed by atoms with Crippen LogP contribution in [0.3, 0.4) is 0 Å². The average Bonchev–Trinajstić information content (AvgIpc) is 3.29. The van der Waals surface area contributed by atoms with Gasteiger partial charge in [-0.3, -0.25) is 14.9 Å². The van der Waals surface area contributed by atoms with Gasteiger partial charge in [-0.1, -0.05) is 42.5 Å². The molecule has 0 saturated heterocycles. The number of aryl methyl sites for hydroxylation is 2. The molecule has 6 nitrogen and oxygen atoms in total. The fourth-order valence-electron chi connectivity index (χ4n) is 3.96. The fourth-order valence-corrected chi connectivity index (χ4v) is 4.67. The van der Waals surface area contributed by atoms with Crippen molar-refractivity contribution in [1.29, 1.82) is 0 Å². The Morgan fingerprint density at radius 3 is 2.66 bits per heavy atom. The van der Waals surface area contributed by atoms with E-state index in [1.54, 1.807) is 0 Å². The highest BCUT2D eigenvalue weighted by atomic mass is 32.1. The number of nitrogens with zero attached hydrogens (tertiary/aromatic N) is 3. The summed E-state index contributed by atoms with van der Waals surface area (Å²) in [5.41, 5.74) is 5.60. The normalized spacial score (nSPS) is 12.9. The number of fused-ring (bicyclic) bond motifs is 1. The molecular formula is C25H22N4O2S.